The monoisotopic (exact) mass is 231 g/mol. The molecular formula is C10H17NO3S. The summed E-state index contributed by atoms with van der Waals surface area (Å²) in [5, 5.41) is 9.14. The highest BCUT2D eigenvalue weighted by atomic mass is 32.2. The lowest BCUT2D eigenvalue weighted by molar-refractivity contribution is 0.153. The molecule has 1 fully saturated rings. The van der Waals surface area contributed by atoms with E-state index in [1.54, 1.807) is 7.11 Å². The Hall–Kier alpha value is -0.600. The summed E-state index contributed by atoms with van der Waals surface area (Å²) in [5.74, 6) is 0.0667. The van der Waals surface area contributed by atoms with Gasteiger partial charge in [-0.3, -0.25) is 0 Å². The lowest BCUT2D eigenvalue weighted by Gasteiger charge is -2.23. The molecule has 0 aromatic heterocycles. The topological polar surface area (TPSA) is 67.2 Å². The van der Waals surface area contributed by atoms with Gasteiger partial charge in [-0.2, -0.15) is 5.26 Å². The standard InChI is InChI=1S/C10H17NO3S/c1-8-4-9(6-14-2)5-10(8,7-11)15(3,12)13/h8-9H,4-6H2,1-3H3/t8-,9+,10-/m1/s1. The zero-order valence-electron chi connectivity index (χ0n) is 9.36. The maximum absolute atomic E-state index is 11.7. The summed E-state index contributed by atoms with van der Waals surface area (Å²) in [6.45, 7) is 2.36. The maximum atomic E-state index is 11.7. The first-order valence-corrected chi connectivity index (χ1v) is 6.86. The molecule has 0 heterocycles. The van der Waals surface area contributed by atoms with Crippen LogP contribution in [0.25, 0.3) is 0 Å². The molecule has 0 unspecified atom stereocenters. The van der Waals surface area contributed by atoms with Gasteiger partial charge in [0.15, 0.2) is 14.6 Å². The molecule has 4 nitrogen and oxygen atoms in total. The van der Waals surface area contributed by atoms with Crippen LogP contribution in [-0.4, -0.2) is 33.1 Å². The summed E-state index contributed by atoms with van der Waals surface area (Å²) >= 11 is 0. The van der Waals surface area contributed by atoms with Crippen LogP contribution < -0.4 is 0 Å². The number of methoxy groups -OCH3 is 1. The number of rotatable bonds is 3. The number of ether oxygens (including phenoxy) is 1. The minimum Gasteiger partial charge on any atom is -0.384 e. The van der Waals surface area contributed by atoms with E-state index in [0.717, 1.165) is 12.7 Å². The molecule has 1 aliphatic carbocycles. The lowest BCUT2D eigenvalue weighted by atomic mass is 9.99. The molecule has 0 aliphatic heterocycles. The van der Waals surface area contributed by atoms with E-state index in [0.29, 0.717) is 13.0 Å². The largest absolute Gasteiger partial charge is 0.384 e. The van der Waals surface area contributed by atoms with E-state index >= 15 is 0 Å². The first-order valence-electron chi connectivity index (χ1n) is 4.97. The highest BCUT2D eigenvalue weighted by Crippen LogP contribution is 2.44. The zero-order valence-corrected chi connectivity index (χ0v) is 10.2. The van der Waals surface area contributed by atoms with Crippen LogP contribution in [0, 0.1) is 23.2 Å². The van der Waals surface area contributed by atoms with Crippen LogP contribution in [-0.2, 0) is 14.6 Å². The molecule has 15 heavy (non-hydrogen) atoms. The third-order valence-electron chi connectivity index (χ3n) is 3.33. The molecule has 5 heteroatoms. The summed E-state index contributed by atoms with van der Waals surface area (Å²) in [7, 11) is -1.74. The maximum Gasteiger partial charge on any atom is 0.166 e. The number of hydrogen-bond acceptors (Lipinski definition) is 4. The van der Waals surface area contributed by atoms with E-state index in [2.05, 4.69) is 0 Å². The van der Waals surface area contributed by atoms with Gasteiger partial charge in [-0.05, 0) is 24.7 Å². The molecular weight excluding hydrogens is 214 g/mol. The summed E-state index contributed by atoms with van der Waals surface area (Å²) in [6.07, 6.45) is 2.30. The van der Waals surface area contributed by atoms with Crippen LogP contribution in [0.2, 0.25) is 0 Å². The van der Waals surface area contributed by atoms with Gasteiger partial charge in [0.1, 0.15) is 0 Å². The van der Waals surface area contributed by atoms with Crippen LogP contribution in [0.4, 0.5) is 0 Å². The van der Waals surface area contributed by atoms with Crippen molar-refractivity contribution in [3.8, 4) is 6.07 Å². The third kappa shape index (κ3) is 2.01. The number of nitrogens with zero attached hydrogens (tertiary/aromatic N) is 1. The third-order valence-corrected chi connectivity index (χ3v) is 5.31. The first kappa shape index (κ1) is 12.5. The van der Waals surface area contributed by atoms with Crippen molar-refractivity contribution in [1.29, 1.82) is 5.26 Å². The minimum absolute atomic E-state index is 0.113. The molecule has 0 saturated heterocycles. The number of sulfone groups is 1. The molecule has 0 N–H and O–H groups in total. The van der Waals surface area contributed by atoms with Crippen molar-refractivity contribution in [2.45, 2.75) is 24.5 Å². The van der Waals surface area contributed by atoms with Crippen molar-refractivity contribution in [3.05, 3.63) is 0 Å². The van der Waals surface area contributed by atoms with Crippen molar-refractivity contribution >= 4 is 9.84 Å². The quantitative estimate of drug-likeness (QED) is 0.726. The molecule has 1 aliphatic rings. The molecule has 3 atom stereocenters. The Bertz CT molecular complexity index is 371. The second-order valence-electron chi connectivity index (χ2n) is 4.44. The lowest BCUT2D eigenvalue weighted by Crippen LogP contribution is -2.39. The van der Waals surface area contributed by atoms with Crippen LogP contribution in [0.15, 0.2) is 0 Å². The van der Waals surface area contributed by atoms with Crippen molar-refractivity contribution < 1.29 is 13.2 Å². The molecule has 0 aromatic rings. The molecule has 0 spiro atoms. The van der Waals surface area contributed by atoms with Gasteiger partial charge in [0.25, 0.3) is 0 Å². The van der Waals surface area contributed by atoms with Crippen LogP contribution in [0.5, 0.6) is 0 Å². The Labute approximate surface area is 91.1 Å². The van der Waals surface area contributed by atoms with Gasteiger partial charge >= 0.3 is 0 Å². The van der Waals surface area contributed by atoms with E-state index in [9.17, 15) is 8.42 Å². The van der Waals surface area contributed by atoms with Gasteiger partial charge in [-0.15, -0.1) is 0 Å². The molecule has 1 rings (SSSR count). The fraction of sp³-hybridized carbons (Fsp3) is 0.900. The Morgan fingerprint density at radius 3 is 2.53 bits per heavy atom. The summed E-state index contributed by atoms with van der Waals surface area (Å²) < 4.78 is 27.2. The first-order chi connectivity index (χ1) is 6.87. The smallest absolute Gasteiger partial charge is 0.166 e. The van der Waals surface area contributed by atoms with Gasteiger partial charge in [-0.25, -0.2) is 8.42 Å². The minimum atomic E-state index is -3.33. The molecule has 86 valence electrons. The zero-order chi connectivity index (χ0) is 11.7. The molecule has 0 radical (unpaired) electrons. The SMILES string of the molecule is COC[C@H]1C[C@@H](C)[C@@](C#N)(S(C)(=O)=O)C1. The van der Waals surface area contributed by atoms with E-state index < -0.39 is 14.6 Å². The number of hydrogen-bond donors (Lipinski definition) is 0. The van der Waals surface area contributed by atoms with E-state index in [4.69, 9.17) is 10.00 Å². The van der Waals surface area contributed by atoms with Crippen molar-refractivity contribution in [1.82, 2.24) is 0 Å². The van der Waals surface area contributed by atoms with Gasteiger partial charge in [0.2, 0.25) is 0 Å². The Morgan fingerprint density at radius 1 is 1.60 bits per heavy atom. The summed E-state index contributed by atoms with van der Waals surface area (Å²) in [6, 6.07) is 2.01. The summed E-state index contributed by atoms with van der Waals surface area (Å²) in [5.41, 5.74) is 0. The average Bonchev–Trinajstić information content (AvgIpc) is 2.43. The fourth-order valence-corrected chi connectivity index (χ4v) is 4.05. The van der Waals surface area contributed by atoms with Gasteiger partial charge in [-0.1, -0.05) is 6.92 Å². The average molecular weight is 231 g/mol. The Kier molecular flexibility index (Phi) is 3.41. The predicted octanol–water partition coefficient (Wildman–Crippen LogP) is 0.986. The Morgan fingerprint density at radius 2 is 2.20 bits per heavy atom. The van der Waals surface area contributed by atoms with Gasteiger partial charge < -0.3 is 4.74 Å². The second kappa shape index (κ2) is 4.11. The molecule has 0 bridgehead atoms. The van der Waals surface area contributed by atoms with E-state index in [1.807, 2.05) is 13.0 Å². The fourth-order valence-electron chi connectivity index (χ4n) is 2.52. The van der Waals surface area contributed by atoms with E-state index in [1.165, 1.54) is 0 Å². The summed E-state index contributed by atoms with van der Waals surface area (Å²) in [4.78, 5) is 0. The highest BCUT2D eigenvalue weighted by molar-refractivity contribution is 7.92. The van der Waals surface area contributed by atoms with Gasteiger partial charge in [0.05, 0.1) is 6.07 Å². The van der Waals surface area contributed by atoms with Crippen LogP contribution in [0.1, 0.15) is 19.8 Å². The second-order valence-corrected chi connectivity index (χ2v) is 6.71. The van der Waals surface area contributed by atoms with E-state index in [-0.39, 0.29) is 11.8 Å². The van der Waals surface area contributed by atoms with Crippen LogP contribution >= 0.6 is 0 Å². The molecule has 0 aromatic carbocycles. The molecule has 0 amide bonds. The molecule has 1 saturated carbocycles. The Balaban J connectivity index is 3.00. The van der Waals surface area contributed by atoms with Gasteiger partial charge in [0, 0.05) is 20.0 Å². The van der Waals surface area contributed by atoms with Crippen molar-refractivity contribution in [2.75, 3.05) is 20.0 Å². The van der Waals surface area contributed by atoms with Crippen LogP contribution in [0.3, 0.4) is 0 Å². The van der Waals surface area contributed by atoms with Crippen molar-refractivity contribution in [2.24, 2.45) is 11.8 Å². The predicted molar refractivity (Wildman–Crippen MR) is 57.0 cm³/mol. The van der Waals surface area contributed by atoms with Crippen molar-refractivity contribution in [3.63, 3.8) is 0 Å². The normalized spacial score (nSPS) is 36.4. The number of nitriles is 1. The highest BCUT2D eigenvalue weighted by Gasteiger charge is 2.52.